The Morgan fingerprint density at radius 2 is 1.86 bits per heavy atom. The van der Waals surface area contributed by atoms with Crippen LogP contribution in [0.5, 0.6) is 0 Å². The van der Waals surface area contributed by atoms with Gasteiger partial charge < -0.3 is 10.2 Å². The first-order valence-corrected chi connectivity index (χ1v) is 13.9. The zero-order valence-electron chi connectivity index (χ0n) is 20.6. The zero-order chi connectivity index (χ0) is 25.5. The highest BCUT2D eigenvalue weighted by Crippen LogP contribution is 2.47. The van der Waals surface area contributed by atoms with Gasteiger partial charge in [-0.05, 0) is 86.4 Å². The van der Waals surface area contributed by atoms with Crippen LogP contribution < -0.4 is 10.2 Å². The monoisotopic (exact) mass is 532 g/mol. The van der Waals surface area contributed by atoms with Crippen LogP contribution in [0.15, 0.2) is 66.6 Å². The lowest BCUT2D eigenvalue weighted by molar-refractivity contribution is -0.0634. The number of hydrogen-bond donors (Lipinski definition) is 1. The van der Waals surface area contributed by atoms with Crippen LogP contribution in [0.2, 0.25) is 5.15 Å². The summed E-state index contributed by atoms with van der Waals surface area (Å²) in [5.74, 6) is -2.91. The second-order valence-corrected chi connectivity index (χ2v) is 11.1. The molecule has 0 radical (unpaired) electrons. The first kappa shape index (κ1) is 27.0. The molecule has 4 nitrogen and oxygen atoms in total. The third-order valence-electron chi connectivity index (χ3n) is 7.05. The molecule has 1 aromatic heterocycles. The van der Waals surface area contributed by atoms with Gasteiger partial charge in [-0.1, -0.05) is 23.8 Å². The highest BCUT2D eigenvalue weighted by atomic mass is 35.5. The molecule has 1 aromatic carbocycles. The molecule has 8 heteroatoms. The molecule has 2 unspecified atom stereocenters. The van der Waals surface area contributed by atoms with Gasteiger partial charge in [0.15, 0.2) is 0 Å². The van der Waals surface area contributed by atoms with Gasteiger partial charge in [0.25, 0.3) is 5.92 Å². The Kier molecular flexibility index (Phi) is 9.31. The third kappa shape index (κ3) is 6.81. The number of piperazine rings is 1. The fourth-order valence-corrected chi connectivity index (χ4v) is 6.01. The second-order valence-electron chi connectivity index (χ2n) is 9.55. The van der Waals surface area contributed by atoms with E-state index in [1.165, 1.54) is 17.0 Å². The first-order chi connectivity index (χ1) is 17.4. The van der Waals surface area contributed by atoms with E-state index in [0.29, 0.717) is 31.7 Å². The number of allylic oxidation sites excluding steroid dienone is 2. The van der Waals surface area contributed by atoms with Crippen molar-refractivity contribution in [3.05, 3.63) is 72.4 Å². The Morgan fingerprint density at radius 3 is 2.53 bits per heavy atom. The zero-order valence-corrected chi connectivity index (χ0v) is 22.2. The topological polar surface area (TPSA) is 31.4 Å². The summed E-state index contributed by atoms with van der Waals surface area (Å²) in [6.07, 6.45) is 7.56. The minimum Gasteiger partial charge on any atom is -0.385 e. The van der Waals surface area contributed by atoms with Gasteiger partial charge in [-0.2, -0.15) is 0 Å². The number of nitrogens with zero attached hydrogens (tertiary/aromatic N) is 3. The van der Waals surface area contributed by atoms with E-state index < -0.39 is 11.8 Å². The molecule has 0 amide bonds. The smallest absolute Gasteiger partial charge is 0.276 e. The van der Waals surface area contributed by atoms with Gasteiger partial charge in [0.2, 0.25) is 0 Å². The fourth-order valence-electron chi connectivity index (χ4n) is 4.90. The highest BCUT2D eigenvalue weighted by Gasteiger charge is 2.45. The summed E-state index contributed by atoms with van der Waals surface area (Å²) in [5, 5.41) is 3.54. The SMILES string of the molecule is C=CCCCNc1ccc(SN2CCN(c3cc(C(F)(F)C4CCC(C=C)C4)cc(Cl)n3)CC2)cc1. The molecule has 0 spiro atoms. The summed E-state index contributed by atoms with van der Waals surface area (Å²) in [6, 6.07) is 11.3. The van der Waals surface area contributed by atoms with Crippen LogP contribution in [0.25, 0.3) is 0 Å². The van der Waals surface area contributed by atoms with Crippen molar-refractivity contribution in [1.82, 2.24) is 9.29 Å². The number of rotatable bonds is 11. The van der Waals surface area contributed by atoms with Crippen molar-refractivity contribution < 1.29 is 8.78 Å². The molecule has 2 fully saturated rings. The van der Waals surface area contributed by atoms with Crippen molar-refractivity contribution in [1.29, 1.82) is 0 Å². The average Bonchev–Trinajstić information content (AvgIpc) is 3.38. The van der Waals surface area contributed by atoms with E-state index in [1.807, 2.05) is 6.08 Å². The van der Waals surface area contributed by atoms with Gasteiger partial charge in [-0.15, -0.1) is 13.2 Å². The quantitative estimate of drug-likeness (QED) is 0.139. The Labute approximate surface area is 222 Å². The maximum atomic E-state index is 15.4. The predicted molar refractivity (Wildman–Crippen MR) is 148 cm³/mol. The van der Waals surface area contributed by atoms with Crippen LogP contribution in [-0.2, 0) is 5.92 Å². The standard InChI is InChI=1S/C28H35ClF2N4S/c1-3-5-6-13-32-24-9-11-25(12-10-24)36-35-16-14-34(15-17-35)27-20-23(19-26(29)33-27)28(30,31)22-8-7-21(4-2)18-22/h3-4,9-12,19-22,32H,1-2,5-8,13-18H2. The molecule has 1 aliphatic heterocycles. The number of halogens is 3. The van der Waals surface area contributed by atoms with Crippen LogP contribution >= 0.6 is 23.5 Å². The van der Waals surface area contributed by atoms with Crippen LogP contribution in [0, 0.1) is 11.8 Å². The number of aromatic nitrogens is 1. The van der Waals surface area contributed by atoms with Crippen molar-refractivity contribution in [2.75, 3.05) is 42.9 Å². The molecular formula is C28H35ClF2N4S. The van der Waals surface area contributed by atoms with Gasteiger partial charge in [-0.25, -0.2) is 18.1 Å². The summed E-state index contributed by atoms with van der Waals surface area (Å²) >= 11 is 7.95. The summed E-state index contributed by atoms with van der Waals surface area (Å²) < 4.78 is 33.1. The van der Waals surface area contributed by atoms with Crippen molar-refractivity contribution in [2.24, 2.45) is 11.8 Å². The minimum absolute atomic E-state index is 0.0257. The molecule has 2 heterocycles. The minimum atomic E-state index is -2.93. The first-order valence-electron chi connectivity index (χ1n) is 12.7. The molecular weight excluding hydrogens is 498 g/mol. The second kappa shape index (κ2) is 12.4. The van der Waals surface area contributed by atoms with Crippen molar-refractivity contribution in [3.63, 3.8) is 0 Å². The Morgan fingerprint density at radius 1 is 1.11 bits per heavy atom. The summed E-state index contributed by atoms with van der Waals surface area (Å²) in [7, 11) is 0. The van der Waals surface area contributed by atoms with E-state index in [-0.39, 0.29) is 16.6 Å². The lowest BCUT2D eigenvalue weighted by Gasteiger charge is -2.35. The number of nitrogens with one attached hydrogen (secondary N) is 1. The van der Waals surface area contributed by atoms with Crippen molar-refractivity contribution >= 4 is 35.1 Å². The molecule has 2 atom stereocenters. The number of alkyl halides is 2. The summed E-state index contributed by atoms with van der Waals surface area (Å²) in [6.45, 7) is 11.5. The lowest BCUT2D eigenvalue weighted by Crippen LogP contribution is -2.44. The molecule has 0 bridgehead atoms. The van der Waals surface area contributed by atoms with Gasteiger partial charge in [-0.3, -0.25) is 0 Å². The van der Waals surface area contributed by atoms with Gasteiger partial charge in [0, 0.05) is 54.8 Å². The van der Waals surface area contributed by atoms with Crippen LogP contribution in [0.1, 0.15) is 37.7 Å². The largest absolute Gasteiger partial charge is 0.385 e. The summed E-state index contributed by atoms with van der Waals surface area (Å²) in [4.78, 5) is 7.62. The van der Waals surface area contributed by atoms with E-state index in [1.54, 1.807) is 18.0 Å². The number of unbranched alkanes of at least 4 members (excludes halogenated alkanes) is 1. The van der Waals surface area contributed by atoms with E-state index >= 15 is 8.78 Å². The normalized spacial score (nSPS) is 20.9. The molecule has 4 rings (SSSR count). The molecule has 36 heavy (non-hydrogen) atoms. The molecule has 2 aliphatic rings. The number of pyridine rings is 1. The Hall–Kier alpha value is -2.09. The van der Waals surface area contributed by atoms with Crippen LogP contribution in [-0.4, -0.2) is 42.0 Å². The van der Waals surface area contributed by atoms with E-state index in [0.717, 1.165) is 44.6 Å². The van der Waals surface area contributed by atoms with Gasteiger partial charge >= 0.3 is 0 Å². The van der Waals surface area contributed by atoms with Gasteiger partial charge in [0.05, 0.1) is 0 Å². The maximum absolute atomic E-state index is 15.4. The molecule has 2 aromatic rings. The highest BCUT2D eigenvalue weighted by molar-refractivity contribution is 7.97. The maximum Gasteiger partial charge on any atom is 0.276 e. The number of hydrogen-bond acceptors (Lipinski definition) is 5. The van der Waals surface area contributed by atoms with E-state index in [9.17, 15) is 0 Å². The average molecular weight is 533 g/mol. The Bertz CT molecular complexity index is 1020. The van der Waals surface area contributed by atoms with Crippen molar-refractivity contribution in [2.45, 2.75) is 42.9 Å². The van der Waals surface area contributed by atoms with Crippen LogP contribution in [0.3, 0.4) is 0 Å². The Balaban J connectivity index is 1.32. The molecule has 1 N–H and O–H groups in total. The number of anilines is 2. The lowest BCUT2D eigenvalue weighted by atomic mass is 9.92. The van der Waals surface area contributed by atoms with Crippen molar-refractivity contribution in [3.8, 4) is 0 Å². The third-order valence-corrected chi connectivity index (χ3v) is 8.35. The predicted octanol–water partition coefficient (Wildman–Crippen LogP) is 7.64. The molecule has 1 saturated carbocycles. The molecule has 1 aliphatic carbocycles. The van der Waals surface area contributed by atoms with E-state index in [2.05, 4.69) is 56.9 Å². The fraction of sp³-hybridized carbons (Fsp3) is 0.464. The summed E-state index contributed by atoms with van der Waals surface area (Å²) in [5.41, 5.74) is 1.09. The molecule has 194 valence electrons. The molecule has 1 saturated heterocycles. The van der Waals surface area contributed by atoms with Crippen LogP contribution in [0.4, 0.5) is 20.3 Å². The van der Waals surface area contributed by atoms with Gasteiger partial charge in [0.1, 0.15) is 11.0 Å². The number of benzene rings is 1. The van der Waals surface area contributed by atoms with E-state index in [4.69, 9.17) is 11.6 Å².